The maximum atomic E-state index is 12.4. The number of amides is 1. The van der Waals surface area contributed by atoms with Gasteiger partial charge >= 0.3 is 0 Å². The monoisotopic (exact) mass is 484 g/mol. The van der Waals surface area contributed by atoms with E-state index in [0.717, 1.165) is 5.01 Å². The lowest BCUT2D eigenvalue weighted by Gasteiger charge is -2.10. The van der Waals surface area contributed by atoms with Crippen molar-refractivity contribution in [1.29, 1.82) is 0 Å². The van der Waals surface area contributed by atoms with Gasteiger partial charge in [-0.2, -0.15) is 9.61 Å². The highest BCUT2D eigenvalue weighted by atomic mass is 35.5. The molecular formula is C23H21ClN4O4S. The molecule has 8 nitrogen and oxygen atoms in total. The number of nitrogens with one attached hydrogen (secondary N) is 1. The number of anilines is 1. The van der Waals surface area contributed by atoms with Crippen LogP contribution in [0.3, 0.4) is 0 Å². The summed E-state index contributed by atoms with van der Waals surface area (Å²) in [5.41, 5.74) is 0.801. The second-order valence-corrected chi connectivity index (χ2v) is 8.85. The van der Waals surface area contributed by atoms with Gasteiger partial charge in [-0.1, -0.05) is 55.0 Å². The topological polar surface area (TPSA) is 94.8 Å². The van der Waals surface area contributed by atoms with Gasteiger partial charge in [-0.15, -0.1) is 0 Å². The lowest BCUT2D eigenvalue weighted by Crippen LogP contribution is -2.20. The zero-order valence-corrected chi connectivity index (χ0v) is 19.5. The summed E-state index contributed by atoms with van der Waals surface area (Å²) in [5, 5.41) is 8.35. The van der Waals surface area contributed by atoms with Crippen molar-refractivity contribution >= 4 is 39.5 Å². The number of hydrogen-bond acceptors (Lipinski definition) is 7. The lowest BCUT2D eigenvalue weighted by atomic mass is 10.2. The third-order valence-electron chi connectivity index (χ3n) is 4.51. The normalized spacial score (nSPS) is 11.0. The van der Waals surface area contributed by atoms with Crippen molar-refractivity contribution in [3.05, 3.63) is 80.7 Å². The second-order valence-electron chi connectivity index (χ2n) is 7.46. The van der Waals surface area contributed by atoms with Gasteiger partial charge in [-0.3, -0.25) is 9.59 Å². The van der Waals surface area contributed by atoms with Crippen LogP contribution >= 0.6 is 22.9 Å². The molecule has 0 atom stereocenters. The molecule has 4 rings (SSSR count). The van der Waals surface area contributed by atoms with E-state index in [4.69, 9.17) is 21.1 Å². The SMILES string of the molecule is CC(C)c1nn2c(=O)cc(COc3cccc(NC(=O)COc4ccccc4Cl)c3)nc2s1. The molecule has 4 aromatic rings. The summed E-state index contributed by atoms with van der Waals surface area (Å²) in [6.45, 7) is 3.95. The number of halogens is 1. The van der Waals surface area contributed by atoms with Crippen LogP contribution in [0.1, 0.15) is 30.5 Å². The van der Waals surface area contributed by atoms with Gasteiger partial charge in [-0.05, 0) is 24.3 Å². The molecule has 0 aliphatic heterocycles. The number of rotatable bonds is 8. The van der Waals surface area contributed by atoms with E-state index in [1.54, 1.807) is 48.5 Å². The number of hydrogen-bond donors (Lipinski definition) is 1. The van der Waals surface area contributed by atoms with E-state index in [-0.39, 0.29) is 30.6 Å². The quantitative estimate of drug-likeness (QED) is 0.395. The summed E-state index contributed by atoms with van der Waals surface area (Å²) in [7, 11) is 0. The predicted octanol–water partition coefficient (Wildman–Crippen LogP) is 4.52. The van der Waals surface area contributed by atoms with Crippen molar-refractivity contribution in [3.8, 4) is 11.5 Å². The number of aromatic nitrogens is 3. The van der Waals surface area contributed by atoms with E-state index in [0.29, 0.717) is 32.9 Å². The van der Waals surface area contributed by atoms with Crippen LogP contribution in [0.4, 0.5) is 5.69 Å². The van der Waals surface area contributed by atoms with Crippen LogP contribution in [-0.4, -0.2) is 27.1 Å². The minimum absolute atomic E-state index is 0.105. The highest BCUT2D eigenvalue weighted by Gasteiger charge is 2.12. The summed E-state index contributed by atoms with van der Waals surface area (Å²) in [5.74, 6) is 0.837. The summed E-state index contributed by atoms with van der Waals surface area (Å²) in [6, 6.07) is 15.3. The lowest BCUT2D eigenvalue weighted by molar-refractivity contribution is -0.118. The Hall–Kier alpha value is -3.43. The van der Waals surface area contributed by atoms with E-state index in [1.807, 2.05) is 13.8 Å². The Balaban J connectivity index is 1.37. The molecule has 10 heteroatoms. The Morgan fingerprint density at radius 1 is 1.15 bits per heavy atom. The van der Waals surface area contributed by atoms with Crippen LogP contribution in [-0.2, 0) is 11.4 Å². The highest BCUT2D eigenvalue weighted by molar-refractivity contribution is 7.16. The molecule has 0 bridgehead atoms. The van der Waals surface area contributed by atoms with Crippen molar-refractivity contribution < 1.29 is 14.3 Å². The zero-order chi connectivity index (χ0) is 23.4. The molecule has 1 N–H and O–H groups in total. The van der Waals surface area contributed by atoms with Crippen LogP contribution in [0, 0.1) is 0 Å². The van der Waals surface area contributed by atoms with Crippen LogP contribution < -0.4 is 20.3 Å². The Morgan fingerprint density at radius 2 is 1.97 bits per heavy atom. The first-order chi connectivity index (χ1) is 15.9. The molecule has 170 valence electrons. The van der Waals surface area contributed by atoms with E-state index >= 15 is 0 Å². The zero-order valence-electron chi connectivity index (χ0n) is 17.9. The number of nitrogens with zero attached hydrogens (tertiary/aromatic N) is 3. The van der Waals surface area contributed by atoms with Crippen LogP contribution in [0.2, 0.25) is 5.02 Å². The first-order valence-corrected chi connectivity index (χ1v) is 11.4. The molecule has 0 unspecified atom stereocenters. The van der Waals surface area contributed by atoms with Crippen molar-refractivity contribution in [2.75, 3.05) is 11.9 Å². The Kier molecular flexibility index (Phi) is 6.90. The van der Waals surface area contributed by atoms with Gasteiger partial charge in [0.2, 0.25) is 4.96 Å². The average molecular weight is 485 g/mol. The smallest absolute Gasteiger partial charge is 0.275 e. The number of benzene rings is 2. The van der Waals surface area contributed by atoms with Crippen LogP contribution in [0.15, 0.2) is 59.4 Å². The molecule has 2 aromatic heterocycles. The molecule has 2 aromatic carbocycles. The molecule has 2 heterocycles. The fourth-order valence-corrected chi connectivity index (χ4v) is 4.02. The molecule has 0 saturated carbocycles. The average Bonchev–Trinajstić information content (AvgIpc) is 3.23. The molecule has 0 radical (unpaired) electrons. The predicted molar refractivity (Wildman–Crippen MR) is 128 cm³/mol. The molecule has 33 heavy (non-hydrogen) atoms. The molecular weight excluding hydrogens is 464 g/mol. The van der Waals surface area contributed by atoms with Gasteiger partial charge in [0.25, 0.3) is 11.5 Å². The second kappa shape index (κ2) is 10.0. The molecule has 1 amide bonds. The van der Waals surface area contributed by atoms with Crippen molar-refractivity contribution in [3.63, 3.8) is 0 Å². The Bertz CT molecular complexity index is 1350. The van der Waals surface area contributed by atoms with Crippen molar-refractivity contribution in [2.24, 2.45) is 0 Å². The summed E-state index contributed by atoms with van der Waals surface area (Å²) in [4.78, 5) is 29.6. The summed E-state index contributed by atoms with van der Waals surface area (Å²) in [6.07, 6.45) is 0. The van der Waals surface area contributed by atoms with Crippen LogP contribution in [0.25, 0.3) is 4.96 Å². The van der Waals surface area contributed by atoms with E-state index in [1.165, 1.54) is 21.9 Å². The maximum absolute atomic E-state index is 12.4. The van der Waals surface area contributed by atoms with Gasteiger partial charge < -0.3 is 14.8 Å². The number of para-hydroxylation sites is 1. The summed E-state index contributed by atoms with van der Waals surface area (Å²) >= 11 is 7.41. The minimum atomic E-state index is -0.335. The fourth-order valence-electron chi connectivity index (χ4n) is 2.90. The third-order valence-corrected chi connectivity index (χ3v) is 6.03. The third kappa shape index (κ3) is 5.68. The highest BCUT2D eigenvalue weighted by Crippen LogP contribution is 2.24. The first-order valence-electron chi connectivity index (χ1n) is 10.2. The molecule has 0 saturated heterocycles. The van der Waals surface area contributed by atoms with Gasteiger partial charge in [-0.25, -0.2) is 4.98 Å². The summed E-state index contributed by atoms with van der Waals surface area (Å²) < 4.78 is 12.6. The minimum Gasteiger partial charge on any atom is -0.487 e. The van der Waals surface area contributed by atoms with Crippen LogP contribution in [0.5, 0.6) is 11.5 Å². The molecule has 0 aliphatic carbocycles. The Labute approximate surface area is 198 Å². The van der Waals surface area contributed by atoms with E-state index in [2.05, 4.69) is 15.4 Å². The first kappa shape index (κ1) is 22.8. The van der Waals surface area contributed by atoms with Gasteiger partial charge in [0.15, 0.2) is 6.61 Å². The fraction of sp³-hybridized carbons (Fsp3) is 0.217. The van der Waals surface area contributed by atoms with Gasteiger partial charge in [0.1, 0.15) is 23.1 Å². The van der Waals surface area contributed by atoms with Gasteiger partial charge in [0.05, 0.1) is 10.7 Å². The van der Waals surface area contributed by atoms with E-state index < -0.39 is 0 Å². The largest absolute Gasteiger partial charge is 0.487 e. The molecule has 0 spiro atoms. The number of carbonyl (C=O) groups is 1. The van der Waals surface area contributed by atoms with E-state index in [9.17, 15) is 9.59 Å². The number of fused-ring (bicyclic) bond motifs is 1. The standard InChI is InChI=1S/C23H21ClN4O4S/c1-14(2)22-27-28-21(30)11-16(26-23(28)33-22)12-31-17-7-5-6-15(10-17)25-20(29)13-32-19-9-4-3-8-18(19)24/h3-11,14H,12-13H2,1-2H3,(H,25,29). The maximum Gasteiger partial charge on any atom is 0.275 e. The van der Waals surface area contributed by atoms with Crippen molar-refractivity contribution in [1.82, 2.24) is 14.6 Å². The molecule has 0 fully saturated rings. The Morgan fingerprint density at radius 3 is 2.76 bits per heavy atom. The van der Waals surface area contributed by atoms with Gasteiger partial charge in [0, 0.05) is 23.7 Å². The number of ether oxygens (including phenoxy) is 2. The molecule has 0 aliphatic rings. The number of carbonyl (C=O) groups excluding carboxylic acids is 1. The van der Waals surface area contributed by atoms with Crippen molar-refractivity contribution in [2.45, 2.75) is 26.4 Å².